The molecule has 7 nitrogen and oxygen atoms in total. The highest BCUT2D eigenvalue weighted by Crippen LogP contribution is 2.23. The molecule has 0 bridgehead atoms. The van der Waals surface area contributed by atoms with Gasteiger partial charge in [0.2, 0.25) is 0 Å². The molecular formula is C21H28N4O3S. The number of hydrogen-bond donors (Lipinski definition) is 2. The normalized spacial score (nSPS) is 15.5. The van der Waals surface area contributed by atoms with E-state index in [-0.39, 0.29) is 6.04 Å². The van der Waals surface area contributed by atoms with Crippen molar-refractivity contribution in [2.24, 2.45) is 0 Å². The maximum atomic E-state index is 12.3. The van der Waals surface area contributed by atoms with Gasteiger partial charge in [-0.25, -0.2) is 0 Å². The van der Waals surface area contributed by atoms with E-state index in [1.807, 2.05) is 36.5 Å². The molecule has 0 spiro atoms. The molecule has 8 heteroatoms. The number of amides is 2. The van der Waals surface area contributed by atoms with Crippen molar-refractivity contribution in [1.29, 1.82) is 0 Å². The summed E-state index contributed by atoms with van der Waals surface area (Å²) < 4.78 is 5.47. The van der Waals surface area contributed by atoms with Crippen LogP contribution in [0.1, 0.15) is 16.5 Å². The predicted molar refractivity (Wildman–Crippen MR) is 115 cm³/mol. The smallest absolute Gasteiger partial charge is 0.309 e. The fraction of sp³-hybridized carbons (Fsp3) is 0.429. The first-order chi connectivity index (χ1) is 14.0. The molecule has 0 radical (unpaired) electrons. The van der Waals surface area contributed by atoms with Crippen LogP contribution in [0.5, 0.6) is 0 Å². The van der Waals surface area contributed by atoms with Gasteiger partial charge in [-0.15, -0.1) is 11.3 Å². The van der Waals surface area contributed by atoms with E-state index in [1.165, 1.54) is 0 Å². The van der Waals surface area contributed by atoms with Gasteiger partial charge >= 0.3 is 11.8 Å². The molecule has 29 heavy (non-hydrogen) atoms. The second-order valence-electron chi connectivity index (χ2n) is 7.12. The van der Waals surface area contributed by atoms with Crippen molar-refractivity contribution in [1.82, 2.24) is 15.5 Å². The number of carbonyl (C=O) groups is 2. The van der Waals surface area contributed by atoms with E-state index >= 15 is 0 Å². The minimum absolute atomic E-state index is 0.0100. The van der Waals surface area contributed by atoms with E-state index < -0.39 is 11.8 Å². The summed E-state index contributed by atoms with van der Waals surface area (Å²) >= 11 is 1.55. The molecule has 0 unspecified atom stereocenters. The number of hydrogen-bond acceptors (Lipinski definition) is 6. The molecule has 1 aromatic heterocycles. The molecule has 1 aromatic carbocycles. The van der Waals surface area contributed by atoms with Gasteiger partial charge in [0.15, 0.2) is 0 Å². The molecule has 2 heterocycles. The quantitative estimate of drug-likeness (QED) is 0.671. The Hall–Kier alpha value is -2.42. The first-order valence-electron chi connectivity index (χ1n) is 9.72. The van der Waals surface area contributed by atoms with Crippen LogP contribution < -0.4 is 15.5 Å². The fourth-order valence-electron chi connectivity index (χ4n) is 3.27. The van der Waals surface area contributed by atoms with Gasteiger partial charge in [0.05, 0.1) is 25.8 Å². The monoisotopic (exact) mass is 416 g/mol. The number of benzene rings is 1. The molecule has 1 saturated heterocycles. The topological polar surface area (TPSA) is 73.9 Å². The Kier molecular flexibility index (Phi) is 7.62. The minimum Gasteiger partial charge on any atom is -0.379 e. The number of ether oxygens (including phenoxy) is 1. The Morgan fingerprint density at radius 1 is 1.10 bits per heavy atom. The molecule has 1 atom stereocenters. The summed E-state index contributed by atoms with van der Waals surface area (Å²) in [5.41, 5.74) is 2.23. The first-order valence-corrected chi connectivity index (χ1v) is 10.6. The number of thiophene rings is 1. The lowest BCUT2D eigenvalue weighted by molar-refractivity contribution is -0.139. The van der Waals surface area contributed by atoms with Gasteiger partial charge in [-0.2, -0.15) is 0 Å². The Morgan fingerprint density at radius 3 is 2.41 bits per heavy atom. The van der Waals surface area contributed by atoms with Crippen LogP contribution in [0.3, 0.4) is 0 Å². The first kappa shape index (κ1) is 21.3. The van der Waals surface area contributed by atoms with Gasteiger partial charge in [0.25, 0.3) is 0 Å². The van der Waals surface area contributed by atoms with E-state index in [2.05, 4.69) is 39.8 Å². The van der Waals surface area contributed by atoms with Crippen molar-refractivity contribution in [3.05, 3.63) is 52.2 Å². The molecule has 2 N–H and O–H groups in total. The zero-order valence-corrected chi connectivity index (χ0v) is 17.7. The Bertz CT molecular complexity index is 787. The lowest BCUT2D eigenvalue weighted by Crippen LogP contribution is -2.46. The largest absolute Gasteiger partial charge is 0.379 e. The van der Waals surface area contributed by atoms with E-state index in [4.69, 9.17) is 4.74 Å². The second-order valence-corrected chi connectivity index (χ2v) is 8.15. The predicted octanol–water partition coefficient (Wildman–Crippen LogP) is 1.62. The van der Waals surface area contributed by atoms with Crippen LogP contribution in [0.4, 0.5) is 5.69 Å². The summed E-state index contributed by atoms with van der Waals surface area (Å²) in [6.45, 7) is 3.65. The van der Waals surface area contributed by atoms with Crippen LogP contribution >= 0.6 is 11.3 Å². The summed E-state index contributed by atoms with van der Waals surface area (Å²) in [7, 11) is 4.01. The molecule has 0 saturated carbocycles. The maximum absolute atomic E-state index is 12.3. The number of carbonyl (C=O) groups excluding carboxylic acids is 2. The van der Waals surface area contributed by atoms with Crippen LogP contribution in [0, 0.1) is 0 Å². The zero-order valence-electron chi connectivity index (χ0n) is 16.9. The van der Waals surface area contributed by atoms with Crippen LogP contribution in [0.15, 0.2) is 41.8 Å². The summed E-state index contributed by atoms with van der Waals surface area (Å²) in [5.74, 6) is -1.22. The molecule has 1 fully saturated rings. The molecule has 3 rings (SSSR count). The summed E-state index contributed by atoms with van der Waals surface area (Å²) in [4.78, 5) is 29.8. The third-order valence-electron chi connectivity index (χ3n) is 4.95. The standard InChI is InChI=1S/C21H28N4O3S/c1-24(2)17-7-5-16(6-8-17)19(25-9-11-28-12-10-25)15-23-21(27)20(26)22-14-18-4-3-13-29-18/h3-8,13,19H,9-12,14-15H2,1-2H3,(H,22,26)(H,23,27)/t19-/m1/s1. The number of nitrogens with zero attached hydrogens (tertiary/aromatic N) is 2. The highest BCUT2D eigenvalue weighted by atomic mass is 32.1. The van der Waals surface area contributed by atoms with Crippen molar-refractivity contribution in [2.75, 3.05) is 51.8 Å². The molecule has 156 valence electrons. The Morgan fingerprint density at radius 2 is 1.79 bits per heavy atom. The maximum Gasteiger partial charge on any atom is 0.309 e. The van der Waals surface area contributed by atoms with Crippen LogP contribution in [0.2, 0.25) is 0 Å². The molecule has 1 aliphatic heterocycles. The van der Waals surface area contributed by atoms with Crippen LogP contribution in [-0.2, 0) is 20.9 Å². The van der Waals surface area contributed by atoms with Crippen molar-refractivity contribution in [2.45, 2.75) is 12.6 Å². The van der Waals surface area contributed by atoms with Gasteiger partial charge in [-0.3, -0.25) is 14.5 Å². The van der Waals surface area contributed by atoms with Crippen molar-refractivity contribution >= 4 is 28.8 Å². The summed E-state index contributed by atoms with van der Waals surface area (Å²) in [6.07, 6.45) is 0. The summed E-state index contributed by atoms with van der Waals surface area (Å²) in [5, 5.41) is 7.41. The number of nitrogens with one attached hydrogen (secondary N) is 2. The number of morpholine rings is 1. The summed E-state index contributed by atoms with van der Waals surface area (Å²) in [6, 6.07) is 12.1. The van der Waals surface area contributed by atoms with Crippen molar-refractivity contribution in [3.63, 3.8) is 0 Å². The van der Waals surface area contributed by atoms with E-state index in [0.29, 0.717) is 26.3 Å². The third-order valence-corrected chi connectivity index (χ3v) is 5.82. The zero-order chi connectivity index (χ0) is 20.6. The number of anilines is 1. The van der Waals surface area contributed by atoms with Crippen molar-refractivity contribution < 1.29 is 14.3 Å². The van der Waals surface area contributed by atoms with E-state index in [9.17, 15) is 9.59 Å². The fourth-order valence-corrected chi connectivity index (χ4v) is 3.92. The lowest BCUT2D eigenvalue weighted by Gasteiger charge is -2.35. The highest BCUT2D eigenvalue weighted by molar-refractivity contribution is 7.09. The van der Waals surface area contributed by atoms with Gasteiger partial charge < -0.3 is 20.3 Å². The van der Waals surface area contributed by atoms with Gasteiger partial charge in [0, 0.05) is 44.3 Å². The van der Waals surface area contributed by atoms with Crippen LogP contribution in [-0.4, -0.2) is 63.7 Å². The minimum atomic E-state index is -0.609. The van der Waals surface area contributed by atoms with Crippen LogP contribution in [0.25, 0.3) is 0 Å². The van der Waals surface area contributed by atoms with Gasteiger partial charge in [-0.1, -0.05) is 18.2 Å². The van der Waals surface area contributed by atoms with E-state index in [0.717, 1.165) is 29.2 Å². The molecule has 2 aromatic rings. The average molecular weight is 417 g/mol. The average Bonchev–Trinajstić information content (AvgIpc) is 3.27. The van der Waals surface area contributed by atoms with E-state index in [1.54, 1.807) is 11.3 Å². The second kappa shape index (κ2) is 10.4. The SMILES string of the molecule is CN(C)c1ccc([C@@H](CNC(=O)C(=O)NCc2cccs2)N2CCOCC2)cc1. The highest BCUT2D eigenvalue weighted by Gasteiger charge is 2.24. The molecular weight excluding hydrogens is 388 g/mol. The molecule has 2 amide bonds. The molecule has 1 aliphatic rings. The van der Waals surface area contributed by atoms with Crippen molar-refractivity contribution in [3.8, 4) is 0 Å². The molecule has 0 aliphatic carbocycles. The third kappa shape index (κ3) is 6.03. The van der Waals surface area contributed by atoms with Gasteiger partial charge in [0.1, 0.15) is 0 Å². The lowest BCUT2D eigenvalue weighted by atomic mass is 10.0. The Balaban J connectivity index is 1.61. The Labute approximate surface area is 175 Å². The van der Waals surface area contributed by atoms with Gasteiger partial charge in [-0.05, 0) is 29.1 Å². The number of rotatable bonds is 7.